The van der Waals surface area contributed by atoms with Crippen LogP contribution in [0.5, 0.6) is 17.2 Å². The topological polar surface area (TPSA) is 490 Å². The minimum atomic E-state index is -0.826. The Morgan fingerprint density at radius 1 is 0.605 bits per heavy atom. The average Bonchev–Trinajstić information content (AvgIpc) is 1.65. The van der Waals surface area contributed by atoms with E-state index in [0.29, 0.717) is 98.3 Å². The fourth-order valence-corrected chi connectivity index (χ4v) is 13.1. The first kappa shape index (κ1) is 119. The van der Waals surface area contributed by atoms with Crippen molar-refractivity contribution in [3.8, 4) is 22.6 Å². The number of nitro groups is 2. The van der Waals surface area contributed by atoms with E-state index in [1.807, 2.05) is 101 Å². The SMILES string of the molecule is C.COCCC(=N)N.COCCc1ncc2cc(N)ccc2n1.COCCc1ncc2cc(Nc3nc4c(OC)ccc(Br)c4s3)ccc2n1.COCCc1ncc2cc(SC#N)ccc2n1.COCCc1ncc2cc([N+](=O)[O-])ccc2n1.COc1ccc(Br)c(Br)c1N.COc1ccc(Br)c(Br)c1NC(C)=O.O=Cc1cc([N+](=O)[O-])ccc1F.S=C=S.[Cl][Sn][Cl].[Na+].[OH-]. The van der Waals surface area contributed by atoms with Crippen LogP contribution in [-0.2, 0) is 54.2 Å². The second kappa shape index (κ2) is 66.2. The van der Waals surface area contributed by atoms with Crippen LogP contribution < -0.4 is 71.6 Å². The molecule has 47 heteroatoms. The summed E-state index contributed by atoms with van der Waals surface area (Å²) in [5.74, 6) is 4.39. The van der Waals surface area contributed by atoms with E-state index in [2.05, 4.69) is 164 Å². The molecule has 0 aliphatic rings. The number of fused-ring (bicyclic) bond motifs is 5. The number of hydrogen-bond donors (Lipinski definition) is 6. The van der Waals surface area contributed by atoms with E-state index in [0.717, 1.165) is 146 Å². The van der Waals surface area contributed by atoms with Crippen LogP contribution in [0.3, 0.4) is 0 Å². The standard InChI is InChI=1S/C19H17BrN4O2S.C12H11N3OS.C11H11N3O3.C11H13N3O.C9H9Br2NO2.C7H7Br2NO.C7H4FNO3.C4H10N2O.CS2.CH4.2ClH.Na.H2O.Sn/c1-25-8-7-16-21-10-11-9-12(3-5-14(11)23-16)22-19-24-17-15(26-2)6-4-13(20)18(17)27-19;1-16-5-4-12-14-7-9-6-10(17-8-13)2-3-11(9)15-12;1-17-5-4-11-12-7-8-6-9(14(15)16)2-3-10(8)13-11;1-15-5-4-11-13-7-8-6-9(12)2-3-10(8)14-11;1-5(13)12-9-7(14-2)4-3-6(10)8(9)11;1-11-5-3-2-4(8)6(9)7(5)10;8-7-2-1-6(9(11)12)3-5(7)4-10;1-7-3-2-4(5)6;2-1-3;;;;;;/h3-6,9-10H,7-8H2,1-2H3,(H,22,24);2*2-3,6-7H,4-5H2,1H3;2-3,6-7H,4-5,12H2,1H3;3-4H,1-2H3,(H,12,13);2-3H,10H2,1H3;1-4H;2-3H2,1H3,(H3,5,6);;1H4;2*1H;;1H2;/q;;;;;;;;;;;;+1;;+2/p-3. The predicted octanol–water partition coefficient (Wildman–Crippen LogP) is 17.4. The van der Waals surface area contributed by atoms with Gasteiger partial charge < -0.3 is 71.2 Å². The molecule has 5 aromatic heterocycles. The Labute approximate surface area is 843 Å². The average molecular weight is 2320 g/mol. The summed E-state index contributed by atoms with van der Waals surface area (Å²) in [6, 6.07) is 35.8. The second-order valence-electron chi connectivity index (χ2n) is 24.3. The smallest absolute Gasteiger partial charge is 0.870 e. The van der Waals surface area contributed by atoms with E-state index >= 15 is 0 Å². The van der Waals surface area contributed by atoms with Crippen LogP contribution in [0.2, 0.25) is 0 Å². The van der Waals surface area contributed by atoms with Crippen molar-refractivity contribution in [1.82, 2.24) is 44.9 Å². The number of anilines is 5. The van der Waals surface area contributed by atoms with Crippen molar-refractivity contribution < 1.29 is 96.8 Å². The molecule has 0 atom stereocenters. The summed E-state index contributed by atoms with van der Waals surface area (Å²) >= 11 is 26.7. The zero-order valence-corrected chi connectivity index (χ0v) is 87.6. The number of rotatable bonds is 25. The van der Waals surface area contributed by atoms with Crippen molar-refractivity contribution in [1.29, 1.82) is 10.7 Å². The molecular weight excluding hydrogens is 2240 g/mol. The van der Waals surface area contributed by atoms with Crippen molar-refractivity contribution in [3.05, 3.63) is 229 Å². The molecule has 13 rings (SSSR count). The van der Waals surface area contributed by atoms with E-state index < -0.39 is 34.6 Å². The number of nitrogens with zero attached hydrogens (tertiary/aromatic N) is 12. The quantitative estimate of drug-likeness (QED) is 0.00296. The molecule has 5 heterocycles. The summed E-state index contributed by atoms with van der Waals surface area (Å²) in [6.45, 7) is 4.43. The van der Waals surface area contributed by atoms with Crippen LogP contribution >= 0.6 is 145 Å². The normalized spacial score (nSPS) is 9.80. The number of thiocarbonyl (C=S) groups is 2. The Bertz CT molecular complexity index is 5870. The molecule has 0 spiro atoms. The van der Waals surface area contributed by atoms with E-state index in [-0.39, 0.29) is 77.4 Å². The number of halogens is 8. The van der Waals surface area contributed by atoms with Crippen molar-refractivity contribution in [2.45, 2.75) is 51.3 Å². The Balaban J connectivity index is 0.000000745. The number of thiazole rings is 1. The van der Waals surface area contributed by atoms with Gasteiger partial charge in [-0.15, -0.1) is 0 Å². The summed E-state index contributed by atoms with van der Waals surface area (Å²) in [5, 5.41) is 48.5. The van der Waals surface area contributed by atoms with Gasteiger partial charge in [-0.05, 0) is 219 Å². The first-order valence-electron chi connectivity index (χ1n) is 36.1. The number of nitrogen functional groups attached to an aromatic ring is 2. The number of carbonyl (C=O) groups excluding carboxylic acids is 2. The Kier molecular flexibility index (Phi) is 60.9. The fraction of sp³-hybridized carbons (Fsp3) is 0.244. The third-order valence-corrected chi connectivity index (χ3v) is 22.3. The van der Waals surface area contributed by atoms with Crippen LogP contribution in [0.15, 0.2) is 179 Å². The number of amides is 1. The van der Waals surface area contributed by atoms with E-state index in [1.165, 1.54) is 19.1 Å². The largest absolute Gasteiger partial charge is 1.00 e. The van der Waals surface area contributed by atoms with E-state index in [1.54, 1.807) is 98.9 Å². The molecule has 0 aliphatic heterocycles. The van der Waals surface area contributed by atoms with Crippen LogP contribution in [0.1, 0.15) is 54.4 Å². The molecule has 13 aromatic rings. The van der Waals surface area contributed by atoms with Gasteiger partial charge in [-0.3, -0.25) is 35.2 Å². The number of carbonyl (C=O) groups is 2. The minimum Gasteiger partial charge on any atom is -0.870 e. The molecule has 0 saturated carbocycles. The molecule has 1 amide bonds. The molecule has 8 aromatic carbocycles. The zero-order valence-electron chi connectivity index (χ0n) is 70.0. The van der Waals surface area contributed by atoms with Crippen molar-refractivity contribution in [2.75, 3.05) is 112 Å². The molecule has 0 saturated heterocycles. The number of nitrogens with one attached hydrogen (secondary N) is 3. The van der Waals surface area contributed by atoms with Gasteiger partial charge >= 0.3 is 66.3 Å². The molecule has 10 N–H and O–H groups in total. The Morgan fingerprint density at radius 2 is 1.02 bits per heavy atom. The monoisotopic (exact) mass is 2320 g/mol. The molecular formula is C82H87Br5Cl2FN18NaO15S4Sn. The summed E-state index contributed by atoms with van der Waals surface area (Å²) in [6.07, 6.45) is 10.6. The Hall–Kier alpha value is -8.25. The summed E-state index contributed by atoms with van der Waals surface area (Å²) < 4.78 is 60.1. The van der Waals surface area contributed by atoms with Gasteiger partial charge in [0.2, 0.25) is 5.91 Å². The number of non-ortho nitro benzene ring substituents is 2. The maximum atomic E-state index is 12.6. The van der Waals surface area contributed by atoms with Gasteiger partial charge in [-0.25, -0.2) is 49.2 Å². The maximum absolute atomic E-state index is 12.6. The van der Waals surface area contributed by atoms with Gasteiger partial charge in [0.05, 0.1) is 123 Å². The Morgan fingerprint density at radius 3 is 1.46 bits per heavy atom. The number of aldehydes is 1. The van der Waals surface area contributed by atoms with Crippen LogP contribution in [0.25, 0.3) is 53.8 Å². The number of aromatic nitrogens is 9. The minimum absolute atomic E-state index is 0. The number of methoxy groups -OCH3 is 8. The number of thiocyanates is 1. The van der Waals surface area contributed by atoms with E-state index in [9.17, 15) is 34.2 Å². The number of amidine groups is 1. The molecule has 33 nitrogen and oxygen atoms in total. The molecule has 0 unspecified atom stereocenters. The molecule has 680 valence electrons. The first-order valence-corrected chi connectivity index (χ1v) is 49.7. The van der Waals surface area contributed by atoms with Gasteiger partial charge in [0, 0.05) is 179 Å². The van der Waals surface area contributed by atoms with Crippen molar-refractivity contribution >= 4 is 279 Å². The van der Waals surface area contributed by atoms with Gasteiger partial charge in [-0.2, -0.15) is 5.26 Å². The number of nitro benzene ring substituents is 2. The molecule has 2 radical (unpaired) electrons. The van der Waals surface area contributed by atoms with Crippen LogP contribution in [0, 0.1) is 42.1 Å². The summed E-state index contributed by atoms with van der Waals surface area (Å²) in [4.78, 5) is 81.0. The van der Waals surface area contributed by atoms with Gasteiger partial charge in [0.1, 0.15) is 57.3 Å². The van der Waals surface area contributed by atoms with Crippen LogP contribution in [-0.4, -0.2) is 191 Å². The van der Waals surface area contributed by atoms with Gasteiger partial charge in [0.25, 0.3) is 11.4 Å². The van der Waals surface area contributed by atoms with E-state index in [4.69, 9.17) is 78.9 Å². The first-order chi connectivity index (χ1) is 60.5. The number of ether oxygens (including phenoxy) is 8. The van der Waals surface area contributed by atoms with Crippen LogP contribution in [0.4, 0.5) is 43.6 Å². The molecule has 0 aliphatic carbocycles. The number of thioether (sulfide) groups is 1. The number of nitriles is 1. The molecule has 0 bridgehead atoms. The predicted molar refractivity (Wildman–Crippen MR) is 529 cm³/mol. The zero-order chi connectivity index (χ0) is 93.2. The van der Waals surface area contributed by atoms with Gasteiger partial charge in [-0.1, -0.05) is 18.8 Å². The van der Waals surface area contributed by atoms with Gasteiger partial charge in [0.15, 0.2) is 11.4 Å². The third kappa shape index (κ3) is 42.0. The maximum Gasteiger partial charge on any atom is 1.00 e. The fourth-order valence-electron chi connectivity index (χ4n) is 9.80. The molecule has 129 heavy (non-hydrogen) atoms. The van der Waals surface area contributed by atoms with Crippen molar-refractivity contribution in [3.63, 3.8) is 0 Å². The number of benzene rings is 8. The summed E-state index contributed by atoms with van der Waals surface area (Å²) in [7, 11) is 22.9. The van der Waals surface area contributed by atoms with Crippen molar-refractivity contribution in [2.24, 2.45) is 5.73 Å². The third-order valence-electron chi connectivity index (χ3n) is 15.7. The summed E-state index contributed by atoms with van der Waals surface area (Å²) in [5.41, 5.74) is 23.0. The second-order valence-corrected chi connectivity index (χ2v) is 35.2. The number of hydrogen-bond acceptors (Lipinski definition) is 33. The molecule has 0 fully saturated rings. The number of nitrogens with two attached hydrogens (primary N) is 3.